The van der Waals surface area contributed by atoms with Gasteiger partial charge in [-0.15, -0.1) is 23.4 Å². The van der Waals surface area contributed by atoms with E-state index in [1.165, 1.54) is 23.9 Å². The monoisotopic (exact) mass is 440 g/mol. The minimum absolute atomic E-state index is 0.0687. The Balaban J connectivity index is 1.49. The molecule has 4 rings (SSSR count). The SMILES string of the molecule is O=C(Nc1ccc(C2SCC(=O)N2c2cccc(F)c2)cc1)C(Cl)c1ccccc1. The van der Waals surface area contributed by atoms with Crippen molar-refractivity contribution in [2.45, 2.75) is 10.8 Å². The lowest BCUT2D eigenvalue weighted by atomic mass is 10.1. The molecule has 2 unspecified atom stereocenters. The Labute approximate surface area is 183 Å². The zero-order valence-corrected chi connectivity index (χ0v) is 17.4. The molecule has 1 N–H and O–H groups in total. The molecule has 1 fully saturated rings. The van der Waals surface area contributed by atoms with Crippen LogP contribution >= 0.6 is 23.4 Å². The highest BCUT2D eigenvalue weighted by Gasteiger charge is 2.34. The van der Waals surface area contributed by atoms with Gasteiger partial charge in [0.25, 0.3) is 0 Å². The van der Waals surface area contributed by atoms with Gasteiger partial charge in [0.05, 0.1) is 5.75 Å². The smallest absolute Gasteiger partial charge is 0.246 e. The summed E-state index contributed by atoms with van der Waals surface area (Å²) in [5.41, 5.74) is 2.75. The number of carbonyl (C=O) groups is 2. The van der Waals surface area contributed by atoms with Crippen LogP contribution in [0.1, 0.15) is 21.9 Å². The van der Waals surface area contributed by atoms with Crippen LogP contribution < -0.4 is 10.2 Å². The second-order valence-electron chi connectivity index (χ2n) is 6.79. The predicted octanol–water partition coefficient (Wildman–Crippen LogP) is 5.52. The summed E-state index contributed by atoms with van der Waals surface area (Å²) < 4.78 is 13.6. The van der Waals surface area contributed by atoms with E-state index in [4.69, 9.17) is 11.6 Å². The van der Waals surface area contributed by atoms with Gasteiger partial charge in [-0.1, -0.05) is 48.5 Å². The lowest BCUT2D eigenvalue weighted by Crippen LogP contribution is -2.27. The van der Waals surface area contributed by atoms with E-state index >= 15 is 0 Å². The standard InChI is InChI=1S/C23H18ClFN2O2S/c24-21(15-5-2-1-3-6-15)22(29)26-18-11-9-16(10-12-18)23-27(20(28)14-30-23)19-8-4-7-17(25)13-19/h1-13,21,23H,14H2,(H,26,29). The van der Waals surface area contributed by atoms with Crippen LogP contribution in [0.4, 0.5) is 15.8 Å². The highest BCUT2D eigenvalue weighted by Crippen LogP contribution is 2.42. The summed E-state index contributed by atoms with van der Waals surface area (Å²) in [6, 6.07) is 22.4. The minimum atomic E-state index is -0.794. The van der Waals surface area contributed by atoms with Crippen LogP contribution in [0, 0.1) is 5.82 Å². The Morgan fingerprint density at radius 2 is 1.80 bits per heavy atom. The largest absolute Gasteiger partial charge is 0.325 e. The molecule has 1 aliphatic rings. The Kier molecular flexibility index (Phi) is 6.06. The number of carbonyl (C=O) groups excluding carboxylic acids is 2. The van der Waals surface area contributed by atoms with Crippen LogP contribution in [-0.4, -0.2) is 17.6 Å². The zero-order valence-electron chi connectivity index (χ0n) is 15.8. The van der Waals surface area contributed by atoms with Gasteiger partial charge in [0.15, 0.2) is 0 Å². The van der Waals surface area contributed by atoms with Crippen molar-refractivity contribution in [2.75, 3.05) is 16.0 Å². The summed E-state index contributed by atoms with van der Waals surface area (Å²) in [4.78, 5) is 26.4. The molecule has 0 saturated carbocycles. The fraction of sp³-hybridized carbons (Fsp3) is 0.130. The fourth-order valence-corrected chi connectivity index (χ4v) is 4.66. The summed E-state index contributed by atoms with van der Waals surface area (Å²) in [7, 11) is 0. The van der Waals surface area contributed by atoms with Crippen LogP contribution in [0.5, 0.6) is 0 Å². The first-order valence-corrected chi connectivity index (χ1v) is 10.8. The molecule has 0 radical (unpaired) electrons. The van der Waals surface area contributed by atoms with E-state index in [2.05, 4.69) is 5.32 Å². The highest BCUT2D eigenvalue weighted by molar-refractivity contribution is 8.00. The number of amides is 2. The Hall–Kier alpha value is -2.83. The van der Waals surface area contributed by atoms with Gasteiger partial charge in [0.1, 0.15) is 16.6 Å². The van der Waals surface area contributed by atoms with Gasteiger partial charge in [-0.05, 0) is 41.5 Å². The van der Waals surface area contributed by atoms with Gasteiger partial charge in [-0.2, -0.15) is 0 Å². The molecule has 7 heteroatoms. The number of alkyl halides is 1. The molecule has 0 bridgehead atoms. The Morgan fingerprint density at radius 1 is 1.07 bits per heavy atom. The van der Waals surface area contributed by atoms with Crippen molar-refractivity contribution in [1.29, 1.82) is 0 Å². The number of nitrogens with zero attached hydrogens (tertiary/aromatic N) is 1. The quantitative estimate of drug-likeness (QED) is 0.531. The van der Waals surface area contributed by atoms with Crippen molar-refractivity contribution >= 4 is 46.6 Å². The summed E-state index contributed by atoms with van der Waals surface area (Å²) in [5, 5.41) is 1.76. The molecule has 1 saturated heterocycles. The third-order valence-electron chi connectivity index (χ3n) is 4.74. The van der Waals surface area contributed by atoms with Crippen molar-refractivity contribution in [3.63, 3.8) is 0 Å². The summed E-state index contributed by atoms with van der Waals surface area (Å²) in [5.74, 6) is -0.448. The fourth-order valence-electron chi connectivity index (χ4n) is 3.29. The normalized spacial score (nSPS) is 17.1. The van der Waals surface area contributed by atoms with E-state index in [1.807, 2.05) is 30.3 Å². The first kappa shape index (κ1) is 20.4. The van der Waals surface area contributed by atoms with E-state index in [0.717, 1.165) is 11.1 Å². The molecule has 0 aliphatic carbocycles. The van der Waals surface area contributed by atoms with Crippen molar-refractivity contribution in [1.82, 2.24) is 0 Å². The summed E-state index contributed by atoms with van der Waals surface area (Å²) in [6.07, 6.45) is 0. The molecule has 3 aromatic carbocycles. The molecule has 2 atom stereocenters. The Bertz CT molecular complexity index is 1060. The highest BCUT2D eigenvalue weighted by atomic mass is 35.5. The molecule has 0 spiro atoms. The van der Waals surface area contributed by atoms with E-state index in [9.17, 15) is 14.0 Å². The lowest BCUT2D eigenvalue weighted by molar-refractivity contribution is -0.116. The van der Waals surface area contributed by atoms with E-state index in [-0.39, 0.29) is 23.0 Å². The van der Waals surface area contributed by atoms with Crippen LogP contribution in [-0.2, 0) is 9.59 Å². The second-order valence-corrected chi connectivity index (χ2v) is 8.30. The number of nitrogens with one attached hydrogen (secondary N) is 1. The average molecular weight is 441 g/mol. The van der Waals surface area contributed by atoms with Gasteiger partial charge >= 0.3 is 0 Å². The summed E-state index contributed by atoms with van der Waals surface area (Å²) in [6.45, 7) is 0. The molecule has 1 heterocycles. The third kappa shape index (κ3) is 4.35. The molecule has 4 nitrogen and oxygen atoms in total. The maximum Gasteiger partial charge on any atom is 0.246 e. The van der Waals surface area contributed by atoms with Gasteiger partial charge in [-0.3, -0.25) is 14.5 Å². The Morgan fingerprint density at radius 3 is 2.50 bits per heavy atom. The van der Waals surface area contributed by atoms with Crippen LogP contribution in [0.25, 0.3) is 0 Å². The first-order valence-electron chi connectivity index (χ1n) is 9.32. The maximum atomic E-state index is 13.6. The number of benzene rings is 3. The average Bonchev–Trinajstić information content (AvgIpc) is 3.15. The van der Waals surface area contributed by atoms with E-state index in [0.29, 0.717) is 17.1 Å². The topological polar surface area (TPSA) is 49.4 Å². The molecule has 2 amide bonds. The number of hydrogen-bond acceptors (Lipinski definition) is 3. The number of anilines is 2. The third-order valence-corrected chi connectivity index (χ3v) is 6.40. The molecule has 152 valence electrons. The van der Waals surface area contributed by atoms with Crippen LogP contribution in [0.15, 0.2) is 78.9 Å². The molecule has 30 heavy (non-hydrogen) atoms. The van der Waals surface area contributed by atoms with E-state index in [1.54, 1.807) is 41.3 Å². The van der Waals surface area contributed by atoms with Gasteiger partial charge in [-0.25, -0.2) is 4.39 Å². The summed E-state index contributed by atoms with van der Waals surface area (Å²) >= 11 is 7.75. The van der Waals surface area contributed by atoms with Gasteiger partial charge in [0.2, 0.25) is 11.8 Å². The van der Waals surface area contributed by atoms with Crippen molar-refractivity contribution in [2.24, 2.45) is 0 Å². The predicted molar refractivity (Wildman–Crippen MR) is 119 cm³/mol. The van der Waals surface area contributed by atoms with Crippen molar-refractivity contribution in [3.05, 3.63) is 95.8 Å². The van der Waals surface area contributed by atoms with Crippen molar-refractivity contribution < 1.29 is 14.0 Å². The number of rotatable bonds is 5. The number of halogens is 2. The number of hydrogen-bond donors (Lipinski definition) is 1. The first-order chi connectivity index (χ1) is 14.5. The molecule has 1 aliphatic heterocycles. The molecular weight excluding hydrogens is 423 g/mol. The van der Waals surface area contributed by atoms with Crippen molar-refractivity contribution in [3.8, 4) is 0 Å². The lowest BCUT2D eigenvalue weighted by Gasteiger charge is -2.24. The van der Waals surface area contributed by atoms with Gasteiger partial charge in [0, 0.05) is 11.4 Å². The van der Waals surface area contributed by atoms with Crippen LogP contribution in [0.2, 0.25) is 0 Å². The van der Waals surface area contributed by atoms with Crippen LogP contribution in [0.3, 0.4) is 0 Å². The second kappa shape index (κ2) is 8.90. The van der Waals surface area contributed by atoms with Gasteiger partial charge < -0.3 is 5.32 Å². The molecule has 3 aromatic rings. The minimum Gasteiger partial charge on any atom is -0.325 e. The number of thioether (sulfide) groups is 1. The van der Waals surface area contributed by atoms with E-state index < -0.39 is 5.38 Å². The molecular formula is C23H18ClFN2O2S. The zero-order chi connectivity index (χ0) is 21.1. The molecule has 0 aromatic heterocycles. The maximum absolute atomic E-state index is 13.6.